The number of ether oxygens (including phenoxy) is 1. The number of para-hydroxylation sites is 1. The summed E-state index contributed by atoms with van der Waals surface area (Å²) in [5.41, 5.74) is 3.02. The van der Waals surface area contributed by atoms with Crippen molar-refractivity contribution in [2.75, 3.05) is 38.3 Å². The van der Waals surface area contributed by atoms with Crippen LogP contribution < -0.4 is 4.90 Å². The van der Waals surface area contributed by atoms with E-state index in [0.717, 1.165) is 42.2 Å². The van der Waals surface area contributed by atoms with Crippen LogP contribution in [-0.4, -0.2) is 49.1 Å². The second-order valence-electron chi connectivity index (χ2n) is 6.96. The SMILES string of the molecule is CN(Cc1nc2c(s1)CCCC2)C(=O)c1ccccc1N1CCOCC1. The summed E-state index contributed by atoms with van der Waals surface area (Å²) in [6.07, 6.45) is 4.72. The molecule has 5 nitrogen and oxygen atoms in total. The van der Waals surface area contributed by atoms with E-state index >= 15 is 0 Å². The van der Waals surface area contributed by atoms with Crippen molar-refractivity contribution in [2.24, 2.45) is 0 Å². The van der Waals surface area contributed by atoms with Gasteiger partial charge in [-0.1, -0.05) is 12.1 Å². The molecule has 0 spiro atoms. The lowest BCUT2D eigenvalue weighted by molar-refractivity contribution is 0.0784. The summed E-state index contributed by atoms with van der Waals surface area (Å²) in [6.45, 7) is 3.65. The van der Waals surface area contributed by atoms with E-state index in [2.05, 4.69) is 4.90 Å². The number of carbonyl (C=O) groups is 1. The Hall–Kier alpha value is -1.92. The largest absolute Gasteiger partial charge is 0.378 e. The summed E-state index contributed by atoms with van der Waals surface area (Å²) in [7, 11) is 1.87. The standard InChI is InChI=1S/C20H25N3O2S/c1-22(14-19-21-16-7-3-5-9-18(16)26-19)20(24)15-6-2-4-8-17(15)23-10-12-25-13-11-23/h2,4,6,8H,3,5,7,9-14H2,1H3. The lowest BCUT2D eigenvalue weighted by atomic mass is 10.0. The van der Waals surface area contributed by atoms with Crippen LogP contribution in [0.25, 0.3) is 0 Å². The smallest absolute Gasteiger partial charge is 0.256 e. The number of hydrogen-bond acceptors (Lipinski definition) is 5. The first-order valence-corrected chi connectivity index (χ1v) is 10.2. The molecule has 0 unspecified atom stereocenters. The van der Waals surface area contributed by atoms with Crippen LogP contribution in [0.4, 0.5) is 5.69 Å². The number of morpholine rings is 1. The van der Waals surface area contributed by atoms with Crippen molar-refractivity contribution < 1.29 is 9.53 Å². The van der Waals surface area contributed by atoms with E-state index in [1.165, 1.54) is 23.4 Å². The minimum absolute atomic E-state index is 0.0558. The van der Waals surface area contributed by atoms with Gasteiger partial charge in [-0.25, -0.2) is 4.98 Å². The van der Waals surface area contributed by atoms with Crippen molar-refractivity contribution in [3.8, 4) is 0 Å². The van der Waals surface area contributed by atoms with Gasteiger partial charge in [-0.2, -0.15) is 0 Å². The van der Waals surface area contributed by atoms with Gasteiger partial charge in [0, 0.05) is 30.7 Å². The minimum atomic E-state index is 0.0558. The van der Waals surface area contributed by atoms with Gasteiger partial charge in [-0.05, 0) is 37.8 Å². The second-order valence-corrected chi connectivity index (χ2v) is 8.13. The molecule has 26 heavy (non-hydrogen) atoms. The van der Waals surface area contributed by atoms with Crippen molar-refractivity contribution in [1.82, 2.24) is 9.88 Å². The zero-order chi connectivity index (χ0) is 17.9. The van der Waals surface area contributed by atoms with Gasteiger partial charge in [0.2, 0.25) is 0 Å². The monoisotopic (exact) mass is 371 g/mol. The Balaban J connectivity index is 1.51. The third kappa shape index (κ3) is 3.62. The molecule has 0 saturated carbocycles. The molecule has 1 aliphatic heterocycles. The average molecular weight is 372 g/mol. The highest BCUT2D eigenvalue weighted by molar-refractivity contribution is 7.11. The number of nitrogens with zero attached hydrogens (tertiary/aromatic N) is 3. The first kappa shape index (κ1) is 17.5. The van der Waals surface area contributed by atoms with Crippen LogP contribution in [0.5, 0.6) is 0 Å². The molecule has 0 atom stereocenters. The number of carbonyl (C=O) groups excluding carboxylic acids is 1. The molecule has 2 aliphatic rings. The summed E-state index contributed by atoms with van der Waals surface area (Å²) in [6, 6.07) is 7.90. The Morgan fingerprint density at radius 3 is 2.81 bits per heavy atom. The van der Waals surface area contributed by atoms with Gasteiger partial charge < -0.3 is 14.5 Å². The lowest BCUT2D eigenvalue weighted by Crippen LogP contribution is -2.38. The number of aromatic nitrogens is 1. The molecule has 1 aromatic carbocycles. The van der Waals surface area contributed by atoms with Crippen LogP contribution in [-0.2, 0) is 24.1 Å². The maximum atomic E-state index is 13.1. The van der Waals surface area contributed by atoms with Crippen LogP contribution in [0.2, 0.25) is 0 Å². The number of aryl methyl sites for hydroxylation is 2. The number of rotatable bonds is 4. The van der Waals surface area contributed by atoms with Gasteiger partial charge in [-0.3, -0.25) is 4.79 Å². The van der Waals surface area contributed by atoms with Crippen LogP contribution in [0.1, 0.15) is 38.8 Å². The maximum absolute atomic E-state index is 13.1. The predicted octanol–water partition coefficient (Wildman–Crippen LogP) is 3.13. The maximum Gasteiger partial charge on any atom is 0.256 e. The molecule has 1 aromatic heterocycles. The Bertz CT molecular complexity index is 760. The van der Waals surface area contributed by atoms with Gasteiger partial charge in [0.1, 0.15) is 5.01 Å². The van der Waals surface area contributed by atoms with Crippen molar-refractivity contribution in [3.63, 3.8) is 0 Å². The van der Waals surface area contributed by atoms with E-state index < -0.39 is 0 Å². The highest BCUT2D eigenvalue weighted by atomic mass is 32.1. The fraction of sp³-hybridized carbons (Fsp3) is 0.500. The summed E-state index contributed by atoms with van der Waals surface area (Å²) in [5.74, 6) is 0.0558. The molecule has 2 heterocycles. The van der Waals surface area contributed by atoms with E-state index in [1.807, 2.05) is 31.3 Å². The fourth-order valence-corrected chi connectivity index (χ4v) is 4.90. The zero-order valence-corrected chi connectivity index (χ0v) is 16.1. The van der Waals surface area contributed by atoms with Crippen molar-refractivity contribution >= 4 is 22.9 Å². The molecule has 1 amide bonds. The average Bonchev–Trinajstić information content (AvgIpc) is 3.10. The lowest BCUT2D eigenvalue weighted by Gasteiger charge is -2.31. The fourth-order valence-electron chi connectivity index (χ4n) is 3.69. The van der Waals surface area contributed by atoms with Gasteiger partial charge >= 0.3 is 0 Å². The van der Waals surface area contributed by atoms with Crippen LogP contribution >= 0.6 is 11.3 Å². The second kappa shape index (κ2) is 7.76. The molecular formula is C20H25N3O2S. The summed E-state index contributed by atoms with van der Waals surface area (Å²) < 4.78 is 5.44. The number of benzene rings is 1. The van der Waals surface area contributed by atoms with E-state index in [-0.39, 0.29) is 5.91 Å². The van der Waals surface area contributed by atoms with E-state index in [1.54, 1.807) is 16.2 Å². The number of thiazole rings is 1. The minimum Gasteiger partial charge on any atom is -0.378 e. The van der Waals surface area contributed by atoms with E-state index in [9.17, 15) is 4.79 Å². The van der Waals surface area contributed by atoms with Gasteiger partial charge in [-0.15, -0.1) is 11.3 Å². The van der Waals surface area contributed by atoms with E-state index in [0.29, 0.717) is 19.8 Å². The van der Waals surface area contributed by atoms with Gasteiger partial charge in [0.05, 0.1) is 31.0 Å². The normalized spacial score (nSPS) is 17.0. The molecule has 138 valence electrons. The molecule has 0 bridgehead atoms. The Labute approximate surface area is 158 Å². The van der Waals surface area contributed by atoms with Gasteiger partial charge in [0.15, 0.2) is 0 Å². The van der Waals surface area contributed by atoms with Crippen molar-refractivity contribution in [2.45, 2.75) is 32.2 Å². The molecule has 1 saturated heterocycles. The predicted molar refractivity (Wildman–Crippen MR) is 104 cm³/mol. The summed E-state index contributed by atoms with van der Waals surface area (Å²) in [5, 5.41) is 1.05. The molecule has 1 fully saturated rings. The van der Waals surface area contributed by atoms with E-state index in [4.69, 9.17) is 9.72 Å². The molecule has 1 aliphatic carbocycles. The first-order chi connectivity index (χ1) is 12.7. The van der Waals surface area contributed by atoms with Crippen LogP contribution in [0.3, 0.4) is 0 Å². The number of hydrogen-bond donors (Lipinski definition) is 0. The van der Waals surface area contributed by atoms with Crippen molar-refractivity contribution in [1.29, 1.82) is 0 Å². The first-order valence-electron chi connectivity index (χ1n) is 9.37. The number of amides is 1. The molecule has 4 rings (SSSR count). The zero-order valence-electron chi connectivity index (χ0n) is 15.2. The number of fused-ring (bicyclic) bond motifs is 1. The quantitative estimate of drug-likeness (QED) is 0.828. The molecule has 2 aromatic rings. The molecule has 0 radical (unpaired) electrons. The third-order valence-electron chi connectivity index (χ3n) is 5.10. The highest BCUT2D eigenvalue weighted by Gasteiger charge is 2.22. The summed E-state index contributed by atoms with van der Waals surface area (Å²) in [4.78, 5) is 23.3. The molecule has 0 N–H and O–H groups in total. The van der Waals surface area contributed by atoms with Crippen molar-refractivity contribution in [3.05, 3.63) is 45.4 Å². The topological polar surface area (TPSA) is 45.7 Å². The summed E-state index contributed by atoms with van der Waals surface area (Å²) >= 11 is 1.78. The Morgan fingerprint density at radius 2 is 2.00 bits per heavy atom. The molecular weight excluding hydrogens is 346 g/mol. The molecule has 6 heteroatoms. The Kier molecular flexibility index (Phi) is 5.22. The number of anilines is 1. The highest BCUT2D eigenvalue weighted by Crippen LogP contribution is 2.28. The van der Waals surface area contributed by atoms with Gasteiger partial charge in [0.25, 0.3) is 5.91 Å². The Morgan fingerprint density at radius 1 is 1.23 bits per heavy atom. The van der Waals surface area contributed by atoms with Crippen LogP contribution in [0.15, 0.2) is 24.3 Å². The van der Waals surface area contributed by atoms with Crippen LogP contribution in [0, 0.1) is 0 Å². The third-order valence-corrected chi connectivity index (χ3v) is 6.24.